The Morgan fingerprint density at radius 3 is 2.63 bits per heavy atom. The lowest BCUT2D eigenvalue weighted by Gasteiger charge is -2.16. The lowest BCUT2D eigenvalue weighted by molar-refractivity contribution is 0.865. The molecule has 3 nitrogen and oxygen atoms in total. The SMILES string of the molecule is CCc1nc(Cl)c(C)c(NC(C)c2ccc(C)s2)n1. The number of anilines is 1. The molecule has 1 atom stereocenters. The third-order valence-corrected chi connectivity index (χ3v) is 4.54. The van der Waals surface area contributed by atoms with Gasteiger partial charge in [0.2, 0.25) is 0 Å². The van der Waals surface area contributed by atoms with Crippen molar-refractivity contribution in [2.45, 2.75) is 40.2 Å². The minimum Gasteiger partial charge on any atom is -0.362 e. The van der Waals surface area contributed by atoms with E-state index in [9.17, 15) is 0 Å². The van der Waals surface area contributed by atoms with E-state index in [-0.39, 0.29) is 6.04 Å². The predicted molar refractivity (Wildman–Crippen MR) is 82.3 cm³/mol. The molecule has 1 unspecified atom stereocenters. The van der Waals surface area contributed by atoms with Gasteiger partial charge in [0, 0.05) is 21.7 Å². The second kappa shape index (κ2) is 5.88. The first kappa shape index (κ1) is 14.3. The van der Waals surface area contributed by atoms with E-state index in [1.165, 1.54) is 9.75 Å². The van der Waals surface area contributed by atoms with Crippen LogP contribution in [0.15, 0.2) is 12.1 Å². The Bertz CT molecular complexity index is 580. The van der Waals surface area contributed by atoms with Crippen molar-refractivity contribution in [3.8, 4) is 0 Å². The lowest BCUT2D eigenvalue weighted by atomic mass is 10.2. The van der Waals surface area contributed by atoms with E-state index in [0.29, 0.717) is 5.15 Å². The second-order valence-corrected chi connectivity index (χ2v) is 6.25. The number of halogens is 1. The molecule has 2 aromatic heterocycles. The van der Waals surface area contributed by atoms with Crippen molar-refractivity contribution in [1.82, 2.24) is 9.97 Å². The highest BCUT2D eigenvalue weighted by Gasteiger charge is 2.13. The fraction of sp³-hybridized carbons (Fsp3) is 0.429. The van der Waals surface area contributed by atoms with Crippen molar-refractivity contribution in [2.75, 3.05) is 5.32 Å². The molecule has 2 aromatic rings. The van der Waals surface area contributed by atoms with Crippen LogP contribution in [-0.4, -0.2) is 9.97 Å². The standard InChI is InChI=1S/C14H18ClN3S/c1-5-12-17-13(15)9(3)14(18-12)16-10(4)11-7-6-8(2)19-11/h6-7,10H,5H2,1-4H3,(H,16,17,18). The number of thiophene rings is 1. The lowest BCUT2D eigenvalue weighted by Crippen LogP contribution is -2.10. The molecule has 0 saturated heterocycles. The van der Waals surface area contributed by atoms with E-state index in [0.717, 1.165) is 23.6 Å². The molecule has 102 valence electrons. The highest BCUT2D eigenvalue weighted by Crippen LogP contribution is 2.28. The molecule has 0 aliphatic heterocycles. The largest absolute Gasteiger partial charge is 0.362 e. The van der Waals surface area contributed by atoms with Gasteiger partial charge in [-0.05, 0) is 32.9 Å². The van der Waals surface area contributed by atoms with Crippen LogP contribution in [0.4, 0.5) is 5.82 Å². The molecule has 19 heavy (non-hydrogen) atoms. The molecule has 2 rings (SSSR count). The number of aromatic nitrogens is 2. The maximum absolute atomic E-state index is 6.14. The Morgan fingerprint density at radius 2 is 2.05 bits per heavy atom. The van der Waals surface area contributed by atoms with Crippen molar-refractivity contribution in [1.29, 1.82) is 0 Å². The molecule has 0 aliphatic rings. The van der Waals surface area contributed by atoms with Crippen LogP contribution in [-0.2, 0) is 6.42 Å². The molecule has 2 heterocycles. The van der Waals surface area contributed by atoms with Gasteiger partial charge in [-0.15, -0.1) is 11.3 Å². The number of hydrogen-bond donors (Lipinski definition) is 1. The molecular weight excluding hydrogens is 278 g/mol. The van der Waals surface area contributed by atoms with Crippen molar-refractivity contribution in [2.24, 2.45) is 0 Å². The predicted octanol–water partition coefficient (Wildman–Crippen LogP) is 4.54. The number of nitrogens with one attached hydrogen (secondary N) is 1. The van der Waals surface area contributed by atoms with Gasteiger partial charge in [0.1, 0.15) is 16.8 Å². The van der Waals surface area contributed by atoms with Crippen molar-refractivity contribution < 1.29 is 0 Å². The number of nitrogens with zero attached hydrogens (tertiary/aromatic N) is 2. The summed E-state index contributed by atoms with van der Waals surface area (Å²) in [6.45, 7) is 8.21. The van der Waals surface area contributed by atoms with Crippen LogP contribution in [0.3, 0.4) is 0 Å². The van der Waals surface area contributed by atoms with Gasteiger partial charge < -0.3 is 5.32 Å². The van der Waals surface area contributed by atoms with E-state index in [1.807, 2.05) is 13.8 Å². The molecule has 0 bridgehead atoms. The summed E-state index contributed by atoms with van der Waals surface area (Å²) in [4.78, 5) is 11.4. The van der Waals surface area contributed by atoms with Gasteiger partial charge >= 0.3 is 0 Å². The summed E-state index contributed by atoms with van der Waals surface area (Å²) in [5.74, 6) is 1.60. The van der Waals surface area contributed by atoms with E-state index in [1.54, 1.807) is 11.3 Å². The first-order valence-electron chi connectivity index (χ1n) is 6.37. The molecule has 0 radical (unpaired) electrons. The summed E-state index contributed by atoms with van der Waals surface area (Å²) in [5.41, 5.74) is 0.902. The molecule has 5 heteroatoms. The Balaban J connectivity index is 2.25. The molecular formula is C14H18ClN3S. The van der Waals surface area contributed by atoms with Crippen molar-refractivity contribution in [3.05, 3.63) is 38.4 Å². The minimum absolute atomic E-state index is 0.216. The summed E-state index contributed by atoms with van der Waals surface area (Å²) >= 11 is 7.94. The Labute approximate surface area is 123 Å². The molecule has 0 aromatic carbocycles. The number of aryl methyl sites for hydroxylation is 2. The van der Waals surface area contributed by atoms with Gasteiger partial charge in [-0.2, -0.15) is 0 Å². The summed E-state index contributed by atoms with van der Waals surface area (Å²) < 4.78 is 0. The Morgan fingerprint density at radius 1 is 1.32 bits per heavy atom. The van der Waals surface area contributed by atoms with Crippen molar-refractivity contribution in [3.63, 3.8) is 0 Å². The van der Waals surface area contributed by atoms with Crippen LogP contribution in [0.1, 0.15) is 41.0 Å². The first-order chi connectivity index (χ1) is 9.01. The molecule has 0 amide bonds. The molecule has 0 spiro atoms. The van der Waals surface area contributed by atoms with Crippen LogP contribution >= 0.6 is 22.9 Å². The topological polar surface area (TPSA) is 37.8 Å². The maximum Gasteiger partial charge on any atom is 0.137 e. The van der Waals surface area contributed by atoms with Crippen LogP contribution in [0, 0.1) is 13.8 Å². The minimum atomic E-state index is 0.216. The third-order valence-electron chi connectivity index (χ3n) is 2.99. The smallest absolute Gasteiger partial charge is 0.137 e. The number of rotatable bonds is 4. The molecule has 0 fully saturated rings. The van der Waals surface area contributed by atoms with Crippen molar-refractivity contribution >= 4 is 28.8 Å². The zero-order valence-electron chi connectivity index (χ0n) is 11.6. The van der Waals surface area contributed by atoms with E-state index >= 15 is 0 Å². The summed E-state index contributed by atoms with van der Waals surface area (Å²) in [5, 5.41) is 3.96. The van der Waals surface area contributed by atoms with Gasteiger partial charge in [0.05, 0.1) is 6.04 Å². The third kappa shape index (κ3) is 3.25. The van der Waals surface area contributed by atoms with Gasteiger partial charge in [0.25, 0.3) is 0 Å². The van der Waals surface area contributed by atoms with Crippen LogP contribution in [0.2, 0.25) is 5.15 Å². The molecule has 1 N–H and O–H groups in total. The van der Waals surface area contributed by atoms with Gasteiger partial charge in [-0.25, -0.2) is 9.97 Å². The van der Waals surface area contributed by atoms with Gasteiger partial charge in [0.15, 0.2) is 0 Å². The zero-order chi connectivity index (χ0) is 14.0. The van der Waals surface area contributed by atoms with Gasteiger partial charge in [-0.3, -0.25) is 0 Å². The Kier molecular flexibility index (Phi) is 4.42. The molecule has 0 aliphatic carbocycles. The fourth-order valence-electron chi connectivity index (χ4n) is 1.79. The summed E-state index contributed by atoms with van der Waals surface area (Å²) in [6, 6.07) is 4.50. The first-order valence-corrected chi connectivity index (χ1v) is 7.56. The Hall–Kier alpha value is -1.13. The zero-order valence-corrected chi connectivity index (χ0v) is 13.2. The summed E-state index contributed by atoms with van der Waals surface area (Å²) in [6.07, 6.45) is 0.779. The van der Waals surface area contributed by atoms with E-state index in [2.05, 4.69) is 41.3 Å². The van der Waals surface area contributed by atoms with E-state index < -0.39 is 0 Å². The fourth-order valence-corrected chi connectivity index (χ4v) is 2.86. The maximum atomic E-state index is 6.14. The van der Waals surface area contributed by atoms with E-state index in [4.69, 9.17) is 11.6 Å². The second-order valence-electron chi connectivity index (χ2n) is 4.57. The summed E-state index contributed by atoms with van der Waals surface area (Å²) in [7, 11) is 0. The average molecular weight is 296 g/mol. The highest BCUT2D eigenvalue weighted by molar-refractivity contribution is 7.12. The quantitative estimate of drug-likeness (QED) is 0.841. The van der Waals surface area contributed by atoms with Gasteiger partial charge in [-0.1, -0.05) is 18.5 Å². The monoisotopic (exact) mass is 295 g/mol. The van der Waals surface area contributed by atoms with Crippen LogP contribution in [0.5, 0.6) is 0 Å². The van der Waals surface area contributed by atoms with Crippen LogP contribution < -0.4 is 5.32 Å². The average Bonchev–Trinajstić information content (AvgIpc) is 2.81. The van der Waals surface area contributed by atoms with Crippen LogP contribution in [0.25, 0.3) is 0 Å². The molecule has 0 saturated carbocycles. The highest BCUT2D eigenvalue weighted by atomic mass is 35.5. The number of hydrogen-bond acceptors (Lipinski definition) is 4. The normalized spacial score (nSPS) is 12.5.